The van der Waals surface area contributed by atoms with Crippen LogP contribution in [0, 0.1) is 10.1 Å². The third-order valence-electron chi connectivity index (χ3n) is 4.00. The van der Waals surface area contributed by atoms with Crippen molar-refractivity contribution in [3.8, 4) is 11.5 Å². The van der Waals surface area contributed by atoms with Crippen LogP contribution in [0.25, 0.3) is 0 Å². The molecule has 24 heavy (non-hydrogen) atoms. The van der Waals surface area contributed by atoms with Crippen LogP contribution >= 0.6 is 0 Å². The SMILES string of the molecule is CC(Cc1ccc2c(c1)OCO2)N(C)C(=O)CCCCO[N+](=O)[O-]. The first-order valence-corrected chi connectivity index (χ1v) is 7.89. The molecule has 0 spiro atoms. The molecule has 0 saturated carbocycles. The predicted octanol–water partition coefficient (Wildman–Crippen LogP) is 2.18. The third kappa shape index (κ3) is 5.00. The van der Waals surface area contributed by atoms with E-state index < -0.39 is 5.09 Å². The van der Waals surface area contributed by atoms with Crippen molar-refractivity contribution in [2.75, 3.05) is 20.4 Å². The Labute approximate surface area is 140 Å². The zero-order valence-electron chi connectivity index (χ0n) is 13.9. The van der Waals surface area contributed by atoms with E-state index in [0.29, 0.717) is 25.7 Å². The molecule has 8 nitrogen and oxygen atoms in total. The second-order valence-corrected chi connectivity index (χ2v) is 5.76. The summed E-state index contributed by atoms with van der Waals surface area (Å²) in [7, 11) is 1.77. The van der Waals surface area contributed by atoms with Crippen molar-refractivity contribution in [2.45, 2.75) is 38.6 Å². The first-order valence-electron chi connectivity index (χ1n) is 7.89. The van der Waals surface area contributed by atoms with Gasteiger partial charge < -0.3 is 19.2 Å². The first kappa shape index (κ1) is 17.8. The van der Waals surface area contributed by atoms with Gasteiger partial charge in [0.2, 0.25) is 12.7 Å². The molecule has 0 aromatic heterocycles. The number of nitrogens with zero attached hydrogens (tertiary/aromatic N) is 2. The zero-order valence-corrected chi connectivity index (χ0v) is 13.9. The Morgan fingerprint density at radius 2 is 2.12 bits per heavy atom. The topological polar surface area (TPSA) is 91.1 Å². The summed E-state index contributed by atoms with van der Waals surface area (Å²) in [6.07, 6.45) is 2.11. The molecular weight excluding hydrogens is 316 g/mol. The van der Waals surface area contributed by atoms with Crippen LogP contribution in [0.15, 0.2) is 18.2 Å². The van der Waals surface area contributed by atoms with E-state index in [-0.39, 0.29) is 25.3 Å². The Morgan fingerprint density at radius 3 is 2.88 bits per heavy atom. The van der Waals surface area contributed by atoms with Gasteiger partial charge in [0.1, 0.15) is 0 Å². The Hall–Kier alpha value is -2.51. The van der Waals surface area contributed by atoms with Crippen LogP contribution < -0.4 is 9.47 Å². The van der Waals surface area contributed by atoms with E-state index in [0.717, 1.165) is 17.1 Å². The Morgan fingerprint density at radius 1 is 1.38 bits per heavy atom. The lowest BCUT2D eigenvalue weighted by atomic mass is 10.0. The highest BCUT2D eigenvalue weighted by molar-refractivity contribution is 5.76. The molecule has 8 heteroatoms. The van der Waals surface area contributed by atoms with Crippen molar-refractivity contribution < 1.29 is 24.2 Å². The molecule has 0 radical (unpaired) electrons. The smallest absolute Gasteiger partial charge is 0.294 e. The van der Waals surface area contributed by atoms with Gasteiger partial charge in [0.15, 0.2) is 11.5 Å². The fourth-order valence-corrected chi connectivity index (χ4v) is 2.49. The highest BCUT2D eigenvalue weighted by atomic mass is 16.9. The number of carbonyl (C=O) groups excluding carboxylic acids is 1. The second kappa shape index (κ2) is 8.37. The maximum absolute atomic E-state index is 12.2. The molecule has 0 fully saturated rings. The molecule has 1 heterocycles. The summed E-state index contributed by atoms with van der Waals surface area (Å²) in [5.74, 6) is 1.50. The summed E-state index contributed by atoms with van der Waals surface area (Å²) < 4.78 is 10.6. The van der Waals surface area contributed by atoms with Gasteiger partial charge in [0.05, 0.1) is 6.61 Å². The highest BCUT2D eigenvalue weighted by Gasteiger charge is 2.18. The minimum atomic E-state index is -0.818. The largest absolute Gasteiger partial charge is 0.454 e. The van der Waals surface area contributed by atoms with Crippen LogP contribution in [0.5, 0.6) is 11.5 Å². The van der Waals surface area contributed by atoms with E-state index in [4.69, 9.17) is 9.47 Å². The molecule has 1 unspecified atom stereocenters. The Balaban J connectivity index is 1.75. The monoisotopic (exact) mass is 338 g/mol. The number of ether oxygens (including phenoxy) is 2. The second-order valence-electron chi connectivity index (χ2n) is 5.76. The molecule has 0 saturated heterocycles. The minimum Gasteiger partial charge on any atom is -0.454 e. The number of fused-ring (bicyclic) bond motifs is 1. The summed E-state index contributed by atoms with van der Waals surface area (Å²) in [4.78, 5) is 28.1. The maximum atomic E-state index is 12.2. The fraction of sp³-hybridized carbons (Fsp3) is 0.562. The molecule has 1 aliphatic heterocycles. The molecule has 2 rings (SSSR count). The number of unbranched alkanes of at least 4 members (excludes halogenated alkanes) is 1. The summed E-state index contributed by atoms with van der Waals surface area (Å²) in [6.45, 7) is 2.25. The van der Waals surface area contributed by atoms with E-state index in [1.165, 1.54) is 0 Å². The maximum Gasteiger partial charge on any atom is 0.294 e. The standard InChI is InChI=1S/C16H22N2O6/c1-12(9-13-6-7-14-15(10-13)23-11-22-14)17(2)16(19)5-3-4-8-24-18(20)21/h6-7,10,12H,3-5,8-9,11H2,1-2H3. The number of likely N-dealkylation sites (N-methyl/N-ethyl adjacent to an activating group) is 1. The van der Waals surface area contributed by atoms with Crippen LogP contribution in [-0.2, 0) is 16.1 Å². The van der Waals surface area contributed by atoms with Crippen LogP contribution in [0.1, 0.15) is 31.7 Å². The molecule has 0 N–H and O–H groups in total. The molecular formula is C16H22N2O6. The van der Waals surface area contributed by atoms with E-state index in [9.17, 15) is 14.9 Å². The molecule has 1 atom stereocenters. The molecule has 1 aromatic carbocycles. The van der Waals surface area contributed by atoms with Crippen LogP contribution in [0.4, 0.5) is 0 Å². The van der Waals surface area contributed by atoms with Gasteiger partial charge in [-0.2, -0.15) is 0 Å². The van der Waals surface area contributed by atoms with Crippen molar-refractivity contribution >= 4 is 5.91 Å². The average Bonchev–Trinajstić information content (AvgIpc) is 3.00. The van der Waals surface area contributed by atoms with Gasteiger partial charge >= 0.3 is 0 Å². The zero-order chi connectivity index (χ0) is 17.5. The lowest BCUT2D eigenvalue weighted by molar-refractivity contribution is -0.757. The third-order valence-corrected chi connectivity index (χ3v) is 4.00. The van der Waals surface area contributed by atoms with Gasteiger partial charge in [0.25, 0.3) is 5.09 Å². The number of rotatable bonds is 9. The van der Waals surface area contributed by atoms with Gasteiger partial charge in [-0.05, 0) is 43.9 Å². The summed E-state index contributed by atoms with van der Waals surface area (Å²) in [5.41, 5.74) is 1.07. The van der Waals surface area contributed by atoms with E-state index in [1.54, 1.807) is 11.9 Å². The van der Waals surface area contributed by atoms with E-state index in [1.807, 2.05) is 25.1 Å². The summed E-state index contributed by atoms with van der Waals surface area (Å²) in [6, 6.07) is 5.82. The molecule has 0 aliphatic carbocycles. The number of benzene rings is 1. The molecule has 132 valence electrons. The Bertz CT molecular complexity index is 592. The van der Waals surface area contributed by atoms with Crippen molar-refractivity contribution in [2.24, 2.45) is 0 Å². The lowest BCUT2D eigenvalue weighted by Gasteiger charge is -2.25. The van der Waals surface area contributed by atoms with Gasteiger partial charge in [0, 0.05) is 19.5 Å². The Kier molecular flexibility index (Phi) is 6.22. The molecule has 1 aliphatic rings. The lowest BCUT2D eigenvalue weighted by Crippen LogP contribution is -2.36. The van der Waals surface area contributed by atoms with Gasteiger partial charge in [-0.3, -0.25) is 4.79 Å². The van der Waals surface area contributed by atoms with E-state index >= 15 is 0 Å². The molecule has 0 bridgehead atoms. The van der Waals surface area contributed by atoms with Crippen LogP contribution in [0.2, 0.25) is 0 Å². The molecule has 1 amide bonds. The average molecular weight is 338 g/mol. The minimum absolute atomic E-state index is 0.0179. The summed E-state index contributed by atoms with van der Waals surface area (Å²) >= 11 is 0. The quantitative estimate of drug-likeness (QED) is 0.389. The number of carbonyl (C=O) groups is 1. The van der Waals surface area contributed by atoms with Gasteiger partial charge in [-0.25, -0.2) is 0 Å². The van der Waals surface area contributed by atoms with Crippen LogP contribution in [0.3, 0.4) is 0 Å². The highest BCUT2D eigenvalue weighted by Crippen LogP contribution is 2.32. The molecule has 1 aromatic rings. The summed E-state index contributed by atoms with van der Waals surface area (Å²) in [5, 5.41) is 9.21. The van der Waals surface area contributed by atoms with Crippen molar-refractivity contribution in [1.29, 1.82) is 0 Å². The first-order chi connectivity index (χ1) is 11.5. The van der Waals surface area contributed by atoms with Crippen molar-refractivity contribution in [3.05, 3.63) is 33.9 Å². The predicted molar refractivity (Wildman–Crippen MR) is 85.3 cm³/mol. The van der Waals surface area contributed by atoms with Gasteiger partial charge in [-0.1, -0.05) is 6.07 Å². The normalized spacial score (nSPS) is 13.4. The number of hydrogen-bond acceptors (Lipinski definition) is 6. The van der Waals surface area contributed by atoms with Crippen molar-refractivity contribution in [3.63, 3.8) is 0 Å². The number of amides is 1. The number of hydrogen-bond donors (Lipinski definition) is 0. The fourth-order valence-electron chi connectivity index (χ4n) is 2.49. The van der Waals surface area contributed by atoms with Crippen molar-refractivity contribution in [1.82, 2.24) is 4.90 Å². The van der Waals surface area contributed by atoms with Crippen LogP contribution in [-0.4, -0.2) is 42.4 Å². The van der Waals surface area contributed by atoms with Gasteiger partial charge in [-0.15, -0.1) is 10.1 Å². The van der Waals surface area contributed by atoms with E-state index in [2.05, 4.69) is 4.84 Å².